The number of nitrogens with one attached hydrogen (secondary N) is 2. The lowest BCUT2D eigenvalue weighted by molar-refractivity contribution is 0.102. The Bertz CT molecular complexity index is 884. The van der Waals surface area contributed by atoms with E-state index in [2.05, 4.69) is 25.6 Å². The summed E-state index contributed by atoms with van der Waals surface area (Å²) in [6.45, 7) is 10.0. The van der Waals surface area contributed by atoms with Gasteiger partial charge in [-0.15, -0.1) is 0 Å². The molecule has 3 aromatic heterocycles. The molecule has 3 heterocycles. The van der Waals surface area contributed by atoms with Crippen molar-refractivity contribution in [1.29, 1.82) is 0 Å². The van der Waals surface area contributed by atoms with Crippen molar-refractivity contribution in [3.63, 3.8) is 0 Å². The summed E-state index contributed by atoms with van der Waals surface area (Å²) in [4.78, 5) is 16.7. The van der Waals surface area contributed by atoms with Crippen LogP contribution in [-0.4, -0.2) is 30.9 Å². The molecule has 120 valence electrons. The van der Waals surface area contributed by atoms with Crippen LogP contribution in [0.5, 0.6) is 0 Å². The molecule has 2 N–H and O–H groups in total. The Hall–Kier alpha value is -2.70. The van der Waals surface area contributed by atoms with Crippen molar-refractivity contribution in [2.75, 3.05) is 5.32 Å². The third kappa shape index (κ3) is 2.81. The van der Waals surface area contributed by atoms with Crippen LogP contribution in [0.25, 0.3) is 11.0 Å². The Kier molecular flexibility index (Phi) is 3.43. The summed E-state index contributed by atoms with van der Waals surface area (Å²) >= 11 is 0. The Morgan fingerprint density at radius 2 is 2.00 bits per heavy atom. The van der Waals surface area contributed by atoms with Gasteiger partial charge in [-0.25, -0.2) is 4.98 Å². The van der Waals surface area contributed by atoms with E-state index in [1.54, 1.807) is 12.3 Å². The highest BCUT2D eigenvalue weighted by molar-refractivity contribution is 6.03. The number of rotatable bonds is 2. The molecule has 0 bridgehead atoms. The fraction of sp³-hybridized carbons (Fsp3) is 0.375. The first-order chi connectivity index (χ1) is 10.8. The molecule has 7 heteroatoms. The highest BCUT2D eigenvalue weighted by Crippen LogP contribution is 2.20. The maximum Gasteiger partial charge on any atom is 0.276 e. The molecular weight excluding hydrogens is 292 g/mol. The minimum absolute atomic E-state index is 0.170. The number of H-pyrrole nitrogens is 1. The van der Waals surface area contributed by atoms with Crippen LogP contribution in [0.4, 0.5) is 5.69 Å². The zero-order valence-corrected chi connectivity index (χ0v) is 13.9. The molecule has 0 saturated heterocycles. The van der Waals surface area contributed by atoms with Gasteiger partial charge in [0, 0.05) is 16.8 Å². The van der Waals surface area contributed by atoms with Crippen molar-refractivity contribution in [3.05, 3.63) is 35.4 Å². The number of aromatic nitrogens is 5. The van der Waals surface area contributed by atoms with E-state index in [0.29, 0.717) is 17.0 Å². The molecular formula is C16H20N6O. The van der Waals surface area contributed by atoms with Crippen LogP contribution in [0.1, 0.15) is 42.6 Å². The van der Waals surface area contributed by atoms with Gasteiger partial charge >= 0.3 is 0 Å². The van der Waals surface area contributed by atoms with Crippen LogP contribution in [0.2, 0.25) is 0 Å². The predicted molar refractivity (Wildman–Crippen MR) is 88.5 cm³/mol. The number of pyridine rings is 1. The second-order valence-corrected chi connectivity index (χ2v) is 6.65. The van der Waals surface area contributed by atoms with Gasteiger partial charge in [0.1, 0.15) is 0 Å². The number of nitrogens with zero attached hydrogens (tertiary/aromatic N) is 4. The maximum atomic E-state index is 12.4. The molecule has 7 nitrogen and oxygen atoms in total. The van der Waals surface area contributed by atoms with Gasteiger partial charge in [-0.2, -0.15) is 10.2 Å². The summed E-state index contributed by atoms with van der Waals surface area (Å²) in [5.41, 5.74) is 3.33. The Morgan fingerprint density at radius 3 is 2.65 bits per heavy atom. The molecule has 23 heavy (non-hydrogen) atoms. The number of carbonyl (C=O) groups is 1. The highest BCUT2D eigenvalue weighted by Gasteiger charge is 2.20. The molecule has 0 saturated carbocycles. The number of anilines is 1. The normalized spacial score (nSPS) is 11.9. The first-order valence-electron chi connectivity index (χ1n) is 7.45. The van der Waals surface area contributed by atoms with Crippen LogP contribution in [-0.2, 0) is 5.54 Å². The Morgan fingerprint density at radius 1 is 1.26 bits per heavy atom. The van der Waals surface area contributed by atoms with Gasteiger partial charge in [0.15, 0.2) is 11.3 Å². The number of hydrogen-bond acceptors (Lipinski definition) is 4. The second-order valence-electron chi connectivity index (χ2n) is 6.65. The summed E-state index contributed by atoms with van der Waals surface area (Å²) in [6.07, 6.45) is 1.59. The molecule has 3 aromatic rings. The van der Waals surface area contributed by atoms with E-state index in [9.17, 15) is 4.79 Å². The third-order valence-corrected chi connectivity index (χ3v) is 3.61. The van der Waals surface area contributed by atoms with E-state index in [1.165, 1.54) is 0 Å². The molecule has 0 radical (unpaired) electrons. The van der Waals surface area contributed by atoms with Gasteiger partial charge in [-0.1, -0.05) is 0 Å². The molecule has 0 aliphatic carbocycles. The molecule has 0 fully saturated rings. The number of carbonyl (C=O) groups excluding carboxylic acids is 1. The van der Waals surface area contributed by atoms with Gasteiger partial charge in [-0.3, -0.25) is 14.6 Å². The standard InChI is InChI=1S/C16H20N6O/c1-9-6-13(21-22(9)16(3,4)5)15(23)18-11-7-12-10(2)19-20-14(12)17-8-11/h6-8H,1-5H3,(H,18,23)(H,17,19,20). The largest absolute Gasteiger partial charge is 0.319 e. The molecule has 3 rings (SSSR count). The fourth-order valence-corrected chi connectivity index (χ4v) is 2.55. The van der Waals surface area contributed by atoms with E-state index in [-0.39, 0.29) is 11.4 Å². The van der Waals surface area contributed by atoms with Crippen LogP contribution >= 0.6 is 0 Å². The second kappa shape index (κ2) is 5.19. The van der Waals surface area contributed by atoms with Crippen molar-refractivity contribution in [2.45, 2.75) is 40.2 Å². The van der Waals surface area contributed by atoms with Gasteiger partial charge in [0.2, 0.25) is 0 Å². The van der Waals surface area contributed by atoms with Gasteiger partial charge in [0.05, 0.1) is 17.4 Å². The van der Waals surface area contributed by atoms with E-state index < -0.39 is 0 Å². The summed E-state index contributed by atoms with van der Waals surface area (Å²) in [7, 11) is 0. The van der Waals surface area contributed by atoms with Crippen LogP contribution in [0, 0.1) is 13.8 Å². The minimum Gasteiger partial charge on any atom is -0.319 e. The lowest BCUT2D eigenvalue weighted by Gasteiger charge is -2.21. The summed E-state index contributed by atoms with van der Waals surface area (Å²) in [5.74, 6) is -0.251. The van der Waals surface area contributed by atoms with E-state index in [0.717, 1.165) is 16.8 Å². The quantitative estimate of drug-likeness (QED) is 0.761. The molecule has 0 aliphatic heterocycles. The lowest BCUT2D eigenvalue weighted by Crippen LogP contribution is -2.25. The van der Waals surface area contributed by atoms with Gasteiger partial charge in [0.25, 0.3) is 5.91 Å². The highest BCUT2D eigenvalue weighted by atomic mass is 16.2. The van der Waals surface area contributed by atoms with Gasteiger partial charge in [-0.05, 0) is 46.8 Å². The average molecular weight is 312 g/mol. The van der Waals surface area contributed by atoms with Crippen molar-refractivity contribution in [1.82, 2.24) is 25.0 Å². The number of fused-ring (bicyclic) bond motifs is 1. The third-order valence-electron chi connectivity index (χ3n) is 3.61. The average Bonchev–Trinajstić information content (AvgIpc) is 3.03. The zero-order chi connectivity index (χ0) is 16.8. The number of aromatic amines is 1. The first kappa shape index (κ1) is 15.2. The van der Waals surface area contributed by atoms with Crippen molar-refractivity contribution < 1.29 is 4.79 Å². The number of amides is 1. The van der Waals surface area contributed by atoms with Crippen LogP contribution in [0.3, 0.4) is 0 Å². The summed E-state index contributed by atoms with van der Waals surface area (Å²) in [5, 5.41) is 15.1. The lowest BCUT2D eigenvalue weighted by atomic mass is 10.1. The molecule has 0 atom stereocenters. The Labute approximate surface area is 134 Å². The minimum atomic E-state index is -0.251. The smallest absolute Gasteiger partial charge is 0.276 e. The van der Waals surface area contributed by atoms with Crippen molar-refractivity contribution in [2.24, 2.45) is 0 Å². The molecule has 0 aromatic carbocycles. The maximum absolute atomic E-state index is 12.4. The molecule has 1 amide bonds. The number of aryl methyl sites for hydroxylation is 2. The first-order valence-corrected chi connectivity index (χ1v) is 7.45. The Balaban J connectivity index is 1.87. The van der Waals surface area contributed by atoms with Gasteiger partial charge < -0.3 is 5.32 Å². The topological polar surface area (TPSA) is 88.5 Å². The molecule has 0 unspecified atom stereocenters. The van der Waals surface area contributed by atoms with Crippen LogP contribution in [0.15, 0.2) is 18.3 Å². The molecule has 0 aliphatic rings. The fourth-order valence-electron chi connectivity index (χ4n) is 2.55. The summed E-state index contributed by atoms with van der Waals surface area (Å²) < 4.78 is 1.85. The van der Waals surface area contributed by atoms with E-state index in [4.69, 9.17) is 0 Å². The summed E-state index contributed by atoms with van der Waals surface area (Å²) in [6, 6.07) is 3.64. The van der Waals surface area contributed by atoms with E-state index >= 15 is 0 Å². The number of hydrogen-bond donors (Lipinski definition) is 2. The van der Waals surface area contributed by atoms with Crippen LogP contribution < -0.4 is 5.32 Å². The monoisotopic (exact) mass is 312 g/mol. The molecule has 0 spiro atoms. The predicted octanol–water partition coefficient (Wildman–Crippen LogP) is 2.78. The SMILES string of the molecule is Cc1[nH]nc2ncc(NC(=O)c3cc(C)n(C(C)(C)C)n3)cc12. The zero-order valence-electron chi connectivity index (χ0n) is 13.9. The van der Waals surface area contributed by atoms with E-state index in [1.807, 2.05) is 45.4 Å². The van der Waals surface area contributed by atoms with Crippen molar-refractivity contribution >= 4 is 22.6 Å². The van der Waals surface area contributed by atoms with Crippen molar-refractivity contribution in [3.8, 4) is 0 Å².